The number of aromatic nitrogens is 1. The van der Waals surface area contributed by atoms with Crippen molar-refractivity contribution >= 4 is 17.2 Å². The second-order valence-electron chi connectivity index (χ2n) is 5.05. The van der Waals surface area contributed by atoms with Gasteiger partial charge in [-0.05, 0) is 42.3 Å². The quantitative estimate of drug-likeness (QED) is 0.419. The minimum atomic E-state index is -0.366. The Hall–Kier alpha value is -2.60. The molecule has 1 aromatic carbocycles. The van der Waals surface area contributed by atoms with Crippen LogP contribution in [-0.2, 0) is 13.0 Å². The van der Waals surface area contributed by atoms with Crippen LogP contribution in [0.2, 0.25) is 0 Å². The van der Waals surface area contributed by atoms with Gasteiger partial charge in [-0.2, -0.15) is 0 Å². The van der Waals surface area contributed by atoms with E-state index in [0.717, 1.165) is 25.2 Å². The molecule has 0 unspecified atom stereocenters. The Labute approximate surface area is 121 Å². The molecule has 0 atom stereocenters. The molecule has 6 heteroatoms. The smallest absolute Gasteiger partial charge is 0.261 e. The van der Waals surface area contributed by atoms with Crippen LogP contribution in [-0.4, -0.2) is 17.4 Å². The molecule has 0 saturated heterocycles. The number of aromatic amines is 1. The van der Waals surface area contributed by atoms with E-state index < -0.39 is 0 Å². The van der Waals surface area contributed by atoms with Gasteiger partial charge in [0.15, 0.2) is 0 Å². The lowest BCUT2D eigenvalue weighted by Gasteiger charge is -2.18. The first-order valence-corrected chi connectivity index (χ1v) is 6.81. The van der Waals surface area contributed by atoms with Crippen molar-refractivity contribution in [3.8, 4) is 0 Å². The van der Waals surface area contributed by atoms with Crippen molar-refractivity contribution in [3.05, 3.63) is 57.5 Å². The van der Waals surface area contributed by atoms with E-state index in [0.29, 0.717) is 5.69 Å². The van der Waals surface area contributed by atoms with Crippen molar-refractivity contribution in [2.24, 2.45) is 0 Å². The Kier molecular flexibility index (Phi) is 3.45. The fourth-order valence-corrected chi connectivity index (χ4v) is 2.51. The average Bonchev–Trinajstić information content (AvgIpc) is 2.47. The van der Waals surface area contributed by atoms with Crippen LogP contribution in [0.1, 0.15) is 16.7 Å². The molecule has 21 heavy (non-hydrogen) atoms. The van der Waals surface area contributed by atoms with E-state index in [1.807, 2.05) is 18.2 Å². The van der Waals surface area contributed by atoms with Crippen LogP contribution in [0, 0.1) is 5.41 Å². The van der Waals surface area contributed by atoms with Crippen molar-refractivity contribution in [1.29, 1.82) is 5.41 Å². The Bertz CT molecular complexity index is 750. The average molecular weight is 283 g/mol. The summed E-state index contributed by atoms with van der Waals surface area (Å²) in [6.45, 7) is 1.83. The van der Waals surface area contributed by atoms with Crippen LogP contribution in [0.3, 0.4) is 0 Å². The van der Waals surface area contributed by atoms with Gasteiger partial charge in [0.25, 0.3) is 5.56 Å². The molecular formula is C15H17N5O. The number of nitrogens with two attached hydrogens (primary N) is 1. The number of nitrogen functional groups attached to an aromatic ring is 1. The van der Waals surface area contributed by atoms with Crippen LogP contribution in [0.15, 0.2) is 35.3 Å². The van der Waals surface area contributed by atoms with E-state index in [4.69, 9.17) is 11.1 Å². The van der Waals surface area contributed by atoms with Gasteiger partial charge in [-0.1, -0.05) is 6.07 Å². The van der Waals surface area contributed by atoms with E-state index in [9.17, 15) is 4.79 Å². The second-order valence-corrected chi connectivity index (χ2v) is 5.05. The third-order valence-electron chi connectivity index (χ3n) is 3.61. The molecule has 0 spiro atoms. The van der Waals surface area contributed by atoms with Crippen LogP contribution in [0.4, 0.5) is 11.4 Å². The molecule has 1 aliphatic rings. The van der Waals surface area contributed by atoms with Crippen LogP contribution >= 0.6 is 0 Å². The van der Waals surface area contributed by atoms with Crippen LogP contribution < -0.4 is 21.9 Å². The van der Waals surface area contributed by atoms with E-state index in [1.54, 1.807) is 6.07 Å². The summed E-state index contributed by atoms with van der Waals surface area (Å²) in [6, 6.07) is 7.55. The number of H-pyrrole nitrogens is 1. The van der Waals surface area contributed by atoms with Crippen molar-refractivity contribution in [2.75, 3.05) is 17.6 Å². The molecule has 108 valence electrons. The summed E-state index contributed by atoms with van der Waals surface area (Å²) in [4.78, 5) is 14.3. The van der Waals surface area contributed by atoms with Gasteiger partial charge in [0, 0.05) is 24.1 Å². The summed E-state index contributed by atoms with van der Waals surface area (Å²) in [5.41, 5.74) is 9.20. The summed E-state index contributed by atoms with van der Waals surface area (Å²) in [6.07, 6.45) is 2.44. The SMILES string of the molecule is N=C(Nc1ccc2c(c1)CCNC2)c1c(N)cc[nH]c1=O. The summed E-state index contributed by atoms with van der Waals surface area (Å²) in [5, 5.41) is 14.3. The fourth-order valence-electron chi connectivity index (χ4n) is 2.51. The molecule has 6 nitrogen and oxygen atoms in total. The Morgan fingerprint density at radius 1 is 1.29 bits per heavy atom. The molecule has 1 aromatic heterocycles. The molecule has 0 fully saturated rings. The van der Waals surface area contributed by atoms with E-state index in [1.165, 1.54) is 17.3 Å². The lowest BCUT2D eigenvalue weighted by Crippen LogP contribution is -2.26. The predicted octanol–water partition coefficient (Wildman–Crippen LogP) is 1.04. The lowest BCUT2D eigenvalue weighted by atomic mass is 10.0. The van der Waals surface area contributed by atoms with Gasteiger partial charge in [0.05, 0.1) is 0 Å². The lowest BCUT2D eigenvalue weighted by molar-refractivity contribution is 0.644. The maximum Gasteiger partial charge on any atom is 0.261 e. The first-order chi connectivity index (χ1) is 10.1. The van der Waals surface area contributed by atoms with Gasteiger partial charge >= 0.3 is 0 Å². The van der Waals surface area contributed by atoms with Crippen molar-refractivity contribution in [3.63, 3.8) is 0 Å². The molecular weight excluding hydrogens is 266 g/mol. The van der Waals surface area contributed by atoms with E-state index in [2.05, 4.69) is 15.6 Å². The number of amidine groups is 1. The molecule has 0 saturated carbocycles. The Morgan fingerprint density at radius 2 is 2.14 bits per heavy atom. The number of nitrogens with one attached hydrogen (secondary N) is 4. The van der Waals surface area contributed by atoms with Crippen LogP contribution in [0.5, 0.6) is 0 Å². The molecule has 2 aromatic rings. The highest BCUT2D eigenvalue weighted by atomic mass is 16.1. The van der Waals surface area contributed by atoms with Gasteiger partial charge in [0.2, 0.25) is 0 Å². The monoisotopic (exact) mass is 283 g/mol. The van der Waals surface area contributed by atoms with Crippen LogP contribution in [0.25, 0.3) is 0 Å². The number of hydrogen-bond donors (Lipinski definition) is 5. The summed E-state index contributed by atoms with van der Waals surface area (Å²) >= 11 is 0. The first-order valence-electron chi connectivity index (χ1n) is 6.81. The molecule has 0 aliphatic carbocycles. The molecule has 1 aliphatic heterocycles. The minimum Gasteiger partial charge on any atom is -0.398 e. The van der Waals surface area contributed by atoms with Crippen molar-refractivity contribution < 1.29 is 0 Å². The zero-order valence-electron chi connectivity index (χ0n) is 11.5. The molecule has 2 heterocycles. The fraction of sp³-hybridized carbons (Fsp3) is 0.200. The highest BCUT2D eigenvalue weighted by Gasteiger charge is 2.13. The van der Waals surface area contributed by atoms with E-state index >= 15 is 0 Å². The summed E-state index contributed by atoms with van der Waals surface area (Å²) in [7, 11) is 0. The van der Waals surface area contributed by atoms with Gasteiger partial charge < -0.3 is 21.4 Å². The first kappa shape index (κ1) is 13.4. The Morgan fingerprint density at radius 3 is 2.95 bits per heavy atom. The minimum absolute atomic E-state index is 0.00299. The molecule has 0 bridgehead atoms. The number of anilines is 2. The normalized spacial score (nSPS) is 13.5. The number of hydrogen-bond acceptors (Lipinski definition) is 4. The number of rotatable bonds is 2. The summed E-state index contributed by atoms with van der Waals surface area (Å²) < 4.78 is 0. The Balaban J connectivity index is 1.87. The van der Waals surface area contributed by atoms with Gasteiger partial charge in [-0.25, -0.2) is 0 Å². The second kappa shape index (κ2) is 5.41. The number of fused-ring (bicyclic) bond motifs is 1. The van der Waals surface area contributed by atoms with Gasteiger partial charge in [-0.15, -0.1) is 0 Å². The third-order valence-corrected chi connectivity index (χ3v) is 3.61. The number of benzene rings is 1. The standard InChI is InChI=1S/C15H17N5O/c16-12-4-6-19-15(21)13(12)14(17)20-11-2-1-10-8-18-5-3-9(10)7-11/h1-2,4,6-7,18H,3,5,8H2,(H2,17,20)(H3,16,19,21). The molecule has 0 amide bonds. The maximum absolute atomic E-state index is 11.8. The molecule has 3 rings (SSSR count). The van der Waals surface area contributed by atoms with Crippen molar-refractivity contribution in [2.45, 2.75) is 13.0 Å². The van der Waals surface area contributed by atoms with Gasteiger partial charge in [0.1, 0.15) is 11.4 Å². The zero-order valence-corrected chi connectivity index (χ0v) is 11.5. The molecule has 0 radical (unpaired) electrons. The molecule has 6 N–H and O–H groups in total. The largest absolute Gasteiger partial charge is 0.398 e. The van der Waals surface area contributed by atoms with E-state index in [-0.39, 0.29) is 17.0 Å². The van der Waals surface area contributed by atoms with Crippen molar-refractivity contribution in [1.82, 2.24) is 10.3 Å². The summed E-state index contributed by atoms with van der Waals surface area (Å²) in [5.74, 6) is 0.00299. The number of pyridine rings is 1. The third kappa shape index (κ3) is 2.66. The highest BCUT2D eigenvalue weighted by Crippen LogP contribution is 2.19. The predicted molar refractivity (Wildman–Crippen MR) is 83.8 cm³/mol. The zero-order chi connectivity index (χ0) is 14.8. The highest BCUT2D eigenvalue weighted by molar-refractivity contribution is 6.09. The topological polar surface area (TPSA) is 107 Å². The van der Waals surface area contributed by atoms with Gasteiger partial charge in [-0.3, -0.25) is 10.2 Å². The maximum atomic E-state index is 11.8.